The SMILES string of the molecule is CC(N)Cc1cc(Br)ccc1Sc1ccc(Br)cn1. The van der Waals surface area contributed by atoms with Crippen molar-refractivity contribution in [1.29, 1.82) is 0 Å². The summed E-state index contributed by atoms with van der Waals surface area (Å²) in [4.78, 5) is 5.59. The lowest BCUT2D eigenvalue weighted by atomic mass is 10.1. The van der Waals surface area contributed by atoms with Crippen LogP contribution in [0.1, 0.15) is 12.5 Å². The molecule has 1 atom stereocenters. The number of benzene rings is 1. The van der Waals surface area contributed by atoms with Crippen molar-refractivity contribution in [3.63, 3.8) is 0 Å². The Labute approximate surface area is 134 Å². The van der Waals surface area contributed by atoms with Crippen LogP contribution in [-0.4, -0.2) is 11.0 Å². The molecule has 5 heteroatoms. The summed E-state index contributed by atoms with van der Waals surface area (Å²) in [5, 5.41) is 0.983. The Morgan fingerprint density at radius 3 is 2.58 bits per heavy atom. The van der Waals surface area contributed by atoms with Gasteiger partial charge in [0.05, 0.1) is 0 Å². The number of rotatable bonds is 4. The van der Waals surface area contributed by atoms with Gasteiger partial charge in [0.15, 0.2) is 0 Å². The lowest BCUT2D eigenvalue weighted by Gasteiger charge is -2.11. The van der Waals surface area contributed by atoms with Crippen molar-refractivity contribution in [3.8, 4) is 0 Å². The van der Waals surface area contributed by atoms with E-state index in [1.807, 2.05) is 31.3 Å². The van der Waals surface area contributed by atoms with Crippen LogP contribution in [0.2, 0.25) is 0 Å². The lowest BCUT2D eigenvalue weighted by Crippen LogP contribution is -2.18. The van der Waals surface area contributed by atoms with Gasteiger partial charge < -0.3 is 5.73 Å². The van der Waals surface area contributed by atoms with Crippen molar-refractivity contribution < 1.29 is 0 Å². The first-order valence-electron chi connectivity index (χ1n) is 5.88. The summed E-state index contributed by atoms with van der Waals surface area (Å²) in [5.74, 6) is 0. The van der Waals surface area contributed by atoms with E-state index >= 15 is 0 Å². The standard InChI is InChI=1S/C14H14Br2N2S/c1-9(17)6-10-7-11(15)2-4-13(10)19-14-5-3-12(16)8-18-14/h2-5,7-9H,6,17H2,1H3. The maximum absolute atomic E-state index is 5.91. The Hall–Kier alpha value is -0.360. The minimum absolute atomic E-state index is 0.145. The molecule has 1 aromatic heterocycles. The first-order chi connectivity index (χ1) is 9.04. The van der Waals surface area contributed by atoms with Gasteiger partial charge in [0.1, 0.15) is 5.03 Å². The molecule has 2 nitrogen and oxygen atoms in total. The van der Waals surface area contributed by atoms with Crippen molar-refractivity contribution in [2.45, 2.75) is 29.3 Å². The molecule has 100 valence electrons. The van der Waals surface area contributed by atoms with Crippen LogP contribution >= 0.6 is 43.6 Å². The van der Waals surface area contributed by atoms with Gasteiger partial charge in [-0.25, -0.2) is 4.98 Å². The van der Waals surface area contributed by atoms with Gasteiger partial charge >= 0.3 is 0 Å². The molecule has 0 saturated carbocycles. The number of halogens is 2. The highest BCUT2D eigenvalue weighted by molar-refractivity contribution is 9.10. The molecule has 0 aliphatic heterocycles. The van der Waals surface area contributed by atoms with Crippen LogP contribution in [-0.2, 0) is 6.42 Å². The second-order valence-electron chi connectivity index (χ2n) is 4.35. The second kappa shape index (κ2) is 6.88. The van der Waals surface area contributed by atoms with E-state index in [0.717, 1.165) is 20.4 Å². The predicted octanol–water partition coefficient (Wildman–Crippen LogP) is 4.65. The minimum Gasteiger partial charge on any atom is -0.328 e. The third-order valence-corrected chi connectivity index (χ3v) is 4.51. The monoisotopic (exact) mass is 400 g/mol. The molecule has 0 radical (unpaired) electrons. The van der Waals surface area contributed by atoms with Crippen LogP contribution in [0.5, 0.6) is 0 Å². The molecule has 0 aliphatic carbocycles. The fourth-order valence-electron chi connectivity index (χ4n) is 1.69. The molecule has 0 amide bonds. The zero-order valence-corrected chi connectivity index (χ0v) is 14.4. The Morgan fingerprint density at radius 1 is 1.21 bits per heavy atom. The van der Waals surface area contributed by atoms with Crippen LogP contribution in [0.15, 0.2) is 55.4 Å². The molecule has 1 heterocycles. The van der Waals surface area contributed by atoms with Crippen LogP contribution in [0.25, 0.3) is 0 Å². The summed E-state index contributed by atoms with van der Waals surface area (Å²) in [6.07, 6.45) is 2.67. The third kappa shape index (κ3) is 4.60. The van der Waals surface area contributed by atoms with Gasteiger partial charge in [0.2, 0.25) is 0 Å². The number of aromatic nitrogens is 1. The van der Waals surface area contributed by atoms with Gasteiger partial charge in [0, 0.05) is 26.1 Å². The first kappa shape index (κ1) is 15.0. The Kier molecular flexibility index (Phi) is 5.45. The maximum Gasteiger partial charge on any atom is 0.101 e. The van der Waals surface area contributed by atoms with Crippen molar-refractivity contribution in [2.24, 2.45) is 5.73 Å². The van der Waals surface area contributed by atoms with Gasteiger partial charge in [-0.15, -0.1) is 0 Å². The summed E-state index contributed by atoms with van der Waals surface area (Å²) < 4.78 is 2.07. The zero-order chi connectivity index (χ0) is 13.8. The van der Waals surface area contributed by atoms with E-state index in [9.17, 15) is 0 Å². The summed E-state index contributed by atoms with van der Waals surface area (Å²) >= 11 is 8.57. The average molecular weight is 402 g/mol. The van der Waals surface area contributed by atoms with E-state index in [4.69, 9.17) is 5.73 Å². The number of pyridine rings is 1. The van der Waals surface area contributed by atoms with Gasteiger partial charge in [0.25, 0.3) is 0 Å². The van der Waals surface area contributed by atoms with Crippen LogP contribution < -0.4 is 5.73 Å². The molecule has 1 unspecified atom stereocenters. The highest BCUT2D eigenvalue weighted by Gasteiger charge is 2.08. The van der Waals surface area contributed by atoms with Gasteiger partial charge in [-0.3, -0.25) is 0 Å². The molecule has 2 rings (SSSR count). The van der Waals surface area contributed by atoms with Crippen molar-refractivity contribution in [3.05, 3.63) is 51.0 Å². The highest BCUT2D eigenvalue weighted by Crippen LogP contribution is 2.32. The average Bonchev–Trinajstić information content (AvgIpc) is 2.34. The fraction of sp³-hybridized carbons (Fsp3) is 0.214. The molecule has 2 N–H and O–H groups in total. The second-order valence-corrected chi connectivity index (χ2v) is 7.24. The first-order valence-corrected chi connectivity index (χ1v) is 8.28. The zero-order valence-electron chi connectivity index (χ0n) is 10.4. The lowest BCUT2D eigenvalue weighted by molar-refractivity contribution is 0.729. The van der Waals surface area contributed by atoms with E-state index in [1.165, 1.54) is 10.5 Å². The molecule has 0 saturated heterocycles. The molecule has 0 spiro atoms. The summed E-state index contributed by atoms with van der Waals surface area (Å²) in [7, 11) is 0. The normalized spacial score (nSPS) is 12.4. The summed E-state index contributed by atoms with van der Waals surface area (Å²) in [6.45, 7) is 2.02. The Morgan fingerprint density at radius 2 is 1.95 bits per heavy atom. The quantitative estimate of drug-likeness (QED) is 0.810. The van der Waals surface area contributed by atoms with Crippen LogP contribution in [0, 0.1) is 0 Å². The molecule has 0 bridgehead atoms. The number of hydrogen-bond acceptors (Lipinski definition) is 3. The number of nitrogens with zero attached hydrogens (tertiary/aromatic N) is 1. The summed E-state index contributed by atoms with van der Waals surface area (Å²) in [5.41, 5.74) is 7.16. The fourth-order valence-corrected chi connectivity index (χ4v) is 3.21. The molecule has 0 aliphatic rings. The molecular formula is C14H14Br2N2S. The Bertz CT molecular complexity index is 556. The predicted molar refractivity (Wildman–Crippen MR) is 87.6 cm³/mol. The summed E-state index contributed by atoms with van der Waals surface area (Å²) in [6, 6.07) is 10.4. The van der Waals surface area contributed by atoms with Gasteiger partial charge in [-0.05, 0) is 65.2 Å². The van der Waals surface area contributed by atoms with Crippen molar-refractivity contribution in [2.75, 3.05) is 0 Å². The van der Waals surface area contributed by atoms with E-state index in [-0.39, 0.29) is 6.04 Å². The van der Waals surface area contributed by atoms with E-state index < -0.39 is 0 Å². The molecular weight excluding hydrogens is 388 g/mol. The highest BCUT2D eigenvalue weighted by atomic mass is 79.9. The van der Waals surface area contributed by atoms with Gasteiger partial charge in [-0.1, -0.05) is 27.7 Å². The minimum atomic E-state index is 0.145. The third-order valence-electron chi connectivity index (χ3n) is 2.48. The molecule has 19 heavy (non-hydrogen) atoms. The maximum atomic E-state index is 5.91. The smallest absolute Gasteiger partial charge is 0.101 e. The molecule has 2 aromatic rings. The van der Waals surface area contributed by atoms with Crippen molar-refractivity contribution in [1.82, 2.24) is 4.98 Å². The van der Waals surface area contributed by atoms with E-state index in [1.54, 1.807) is 11.8 Å². The topological polar surface area (TPSA) is 38.9 Å². The molecule has 0 fully saturated rings. The Balaban J connectivity index is 2.26. The number of nitrogens with two attached hydrogens (primary N) is 1. The largest absolute Gasteiger partial charge is 0.328 e. The number of hydrogen-bond donors (Lipinski definition) is 1. The van der Waals surface area contributed by atoms with Gasteiger partial charge in [-0.2, -0.15) is 0 Å². The van der Waals surface area contributed by atoms with Crippen LogP contribution in [0.4, 0.5) is 0 Å². The van der Waals surface area contributed by atoms with Crippen molar-refractivity contribution >= 4 is 43.6 Å². The van der Waals surface area contributed by atoms with E-state index in [2.05, 4.69) is 49.0 Å². The van der Waals surface area contributed by atoms with Crippen LogP contribution in [0.3, 0.4) is 0 Å². The van der Waals surface area contributed by atoms with E-state index in [0.29, 0.717) is 0 Å². The molecule has 1 aromatic carbocycles.